The molecule has 3 rings (SSSR count). The van der Waals surface area contributed by atoms with Gasteiger partial charge in [0.15, 0.2) is 0 Å². The summed E-state index contributed by atoms with van der Waals surface area (Å²) in [4.78, 5) is 11.2. The summed E-state index contributed by atoms with van der Waals surface area (Å²) in [6.45, 7) is 4.86. The monoisotopic (exact) mass is 426 g/mol. The molecule has 2 atom stereocenters. The summed E-state index contributed by atoms with van der Waals surface area (Å²) < 4.78 is 11.7. The van der Waals surface area contributed by atoms with E-state index in [2.05, 4.69) is 19.2 Å². The third kappa shape index (κ3) is 6.79. The normalized spacial score (nSPS) is 16.0. The van der Waals surface area contributed by atoms with Crippen molar-refractivity contribution in [2.24, 2.45) is 11.7 Å². The highest BCUT2D eigenvalue weighted by Gasteiger charge is 2.35. The molecule has 1 fully saturated rings. The lowest BCUT2D eigenvalue weighted by Crippen LogP contribution is -2.46. The molecule has 0 aliphatic heterocycles. The largest absolute Gasteiger partial charge is 0.496 e. The van der Waals surface area contributed by atoms with Crippen LogP contribution >= 0.6 is 0 Å². The maximum Gasteiger partial charge on any atom is 0.248 e. The number of hydrogen-bond donors (Lipinski definition) is 3. The number of ether oxygens (including phenoxy) is 2. The van der Waals surface area contributed by atoms with Gasteiger partial charge >= 0.3 is 0 Å². The number of aliphatic hydroxyl groups is 1. The van der Waals surface area contributed by atoms with Crippen LogP contribution in [0.5, 0.6) is 5.75 Å². The summed E-state index contributed by atoms with van der Waals surface area (Å²) in [5.74, 6) is 0.886. The van der Waals surface area contributed by atoms with E-state index in [0.717, 1.165) is 36.1 Å². The third-order valence-corrected chi connectivity index (χ3v) is 5.66. The number of hydrogen-bond acceptors (Lipinski definition) is 5. The van der Waals surface area contributed by atoms with Crippen LogP contribution in [-0.2, 0) is 11.2 Å². The van der Waals surface area contributed by atoms with E-state index in [9.17, 15) is 9.90 Å². The average Bonchev–Trinajstić information content (AvgIpc) is 3.58. The van der Waals surface area contributed by atoms with Crippen molar-refractivity contribution in [2.75, 3.05) is 20.3 Å². The molecular formula is C25H34N2O4. The maximum absolute atomic E-state index is 11.2. The highest BCUT2D eigenvalue weighted by atomic mass is 16.5. The smallest absolute Gasteiger partial charge is 0.248 e. The van der Waals surface area contributed by atoms with Crippen molar-refractivity contribution in [3.8, 4) is 5.75 Å². The van der Waals surface area contributed by atoms with Crippen LogP contribution in [0.3, 0.4) is 0 Å². The molecule has 31 heavy (non-hydrogen) atoms. The number of primary amides is 1. The lowest BCUT2D eigenvalue weighted by Gasteiger charge is -2.29. The summed E-state index contributed by atoms with van der Waals surface area (Å²) in [5, 5.41) is 14.0. The van der Waals surface area contributed by atoms with Gasteiger partial charge in [0, 0.05) is 23.2 Å². The number of β-amino-alcohol motifs (C(OH)–C–C–N with tert-alkyl or cyclic N) is 1. The molecule has 6 heteroatoms. The van der Waals surface area contributed by atoms with Gasteiger partial charge in [0.2, 0.25) is 5.91 Å². The number of rotatable bonds is 12. The Bertz CT molecular complexity index is 862. The molecule has 168 valence electrons. The van der Waals surface area contributed by atoms with Gasteiger partial charge in [0.25, 0.3) is 0 Å². The maximum atomic E-state index is 11.2. The first kappa shape index (κ1) is 23.3. The van der Waals surface area contributed by atoms with Crippen LogP contribution in [0.2, 0.25) is 0 Å². The first-order valence-electron chi connectivity index (χ1n) is 10.9. The Labute approximate surface area is 184 Å². The molecule has 0 saturated heterocycles. The number of aliphatic hydroxyl groups excluding tert-OH is 1. The summed E-state index contributed by atoms with van der Waals surface area (Å²) in [5.41, 5.74) is 7.72. The molecule has 0 spiro atoms. The lowest BCUT2D eigenvalue weighted by molar-refractivity contribution is -0.0219. The summed E-state index contributed by atoms with van der Waals surface area (Å²) >= 11 is 0. The van der Waals surface area contributed by atoms with Gasteiger partial charge in [0.05, 0.1) is 25.9 Å². The Morgan fingerprint density at radius 3 is 2.48 bits per heavy atom. The Balaban J connectivity index is 1.50. The first-order valence-corrected chi connectivity index (χ1v) is 10.9. The highest BCUT2D eigenvalue weighted by Crippen LogP contribution is 2.45. The molecule has 6 nitrogen and oxygen atoms in total. The van der Waals surface area contributed by atoms with Crippen molar-refractivity contribution in [2.45, 2.75) is 50.9 Å². The van der Waals surface area contributed by atoms with Crippen molar-refractivity contribution in [1.82, 2.24) is 5.32 Å². The fraction of sp³-hybridized carbons (Fsp3) is 0.480. The average molecular weight is 427 g/mol. The van der Waals surface area contributed by atoms with Crippen LogP contribution in [0.25, 0.3) is 0 Å². The second-order valence-electron chi connectivity index (χ2n) is 8.99. The molecule has 0 bridgehead atoms. The number of carbonyl (C=O) groups is 1. The number of para-hydroxylation sites is 1. The number of nitrogens with two attached hydrogens (primary N) is 1. The van der Waals surface area contributed by atoms with Crippen molar-refractivity contribution < 1.29 is 19.4 Å². The van der Waals surface area contributed by atoms with Gasteiger partial charge in [-0.05, 0) is 62.8 Å². The fourth-order valence-corrected chi connectivity index (χ4v) is 3.81. The summed E-state index contributed by atoms with van der Waals surface area (Å²) in [6, 6.07) is 15.2. The van der Waals surface area contributed by atoms with E-state index >= 15 is 0 Å². The van der Waals surface area contributed by atoms with E-state index in [4.69, 9.17) is 15.2 Å². The zero-order chi connectivity index (χ0) is 22.4. The van der Waals surface area contributed by atoms with Crippen LogP contribution < -0.4 is 15.8 Å². The minimum absolute atomic E-state index is 0.0532. The molecule has 1 aliphatic rings. The van der Waals surface area contributed by atoms with Gasteiger partial charge in [0.1, 0.15) is 5.75 Å². The Morgan fingerprint density at radius 2 is 1.87 bits per heavy atom. The molecular weight excluding hydrogens is 392 g/mol. The van der Waals surface area contributed by atoms with E-state index < -0.39 is 12.0 Å². The molecule has 0 heterocycles. The number of methoxy groups -OCH3 is 1. The predicted octanol–water partition coefficient (Wildman–Crippen LogP) is 3.23. The molecule has 1 aliphatic carbocycles. The number of amides is 1. The van der Waals surface area contributed by atoms with Crippen LogP contribution in [0.4, 0.5) is 0 Å². The molecule has 0 radical (unpaired) electrons. The predicted molar refractivity (Wildman–Crippen MR) is 121 cm³/mol. The topological polar surface area (TPSA) is 93.8 Å². The Kier molecular flexibility index (Phi) is 7.70. The summed E-state index contributed by atoms with van der Waals surface area (Å²) in [7, 11) is 1.67. The van der Waals surface area contributed by atoms with Gasteiger partial charge < -0.3 is 25.6 Å². The van der Waals surface area contributed by atoms with E-state index in [1.165, 1.54) is 0 Å². The summed E-state index contributed by atoms with van der Waals surface area (Å²) in [6.07, 6.45) is 2.36. The molecule has 1 amide bonds. The van der Waals surface area contributed by atoms with E-state index in [-0.39, 0.29) is 18.2 Å². The Morgan fingerprint density at radius 1 is 1.19 bits per heavy atom. The van der Waals surface area contributed by atoms with Crippen molar-refractivity contribution in [3.63, 3.8) is 0 Å². The molecule has 0 aromatic heterocycles. The second-order valence-corrected chi connectivity index (χ2v) is 8.99. The molecule has 2 unspecified atom stereocenters. The standard InChI is InChI=1S/C25H34N2O4/c1-25(2,14-17-8-10-19(11-9-17)24(26)29)27-15-20(28)16-31-23(18-12-13-18)21-6-4-5-7-22(21)30-3/h4-11,18,20,23,27-28H,12-16H2,1-3H3,(H2,26,29). The number of benzene rings is 2. The Hall–Kier alpha value is -2.41. The van der Waals surface area contributed by atoms with Gasteiger partial charge in [-0.2, -0.15) is 0 Å². The van der Waals surface area contributed by atoms with Crippen LogP contribution in [0, 0.1) is 5.92 Å². The van der Waals surface area contributed by atoms with Gasteiger partial charge in [-0.1, -0.05) is 30.3 Å². The highest BCUT2D eigenvalue weighted by molar-refractivity contribution is 5.92. The third-order valence-electron chi connectivity index (χ3n) is 5.66. The van der Waals surface area contributed by atoms with Crippen molar-refractivity contribution in [1.29, 1.82) is 0 Å². The minimum atomic E-state index is -0.618. The van der Waals surface area contributed by atoms with Crippen LogP contribution in [-0.4, -0.2) is 42.9 Å². The van der Waals surface area contributed by atoms with Crippen molar-refractivity contribution in [3.05, 3.63) is 65.2 Å². The first-order chi connectivity index (χ1) is 14.8. The SMILES string of the molecule is COc1ccccc1C(OCC(O)CNC(C)(C)Cc1ccc(C(N)=O)cc1)C1CC1. The molecule has 4 N–H and O–H groups in total. The fourth-order valence-electron chi connectivity index (χ4n) is 3.81. The van der Waals surface area contributed by atoms with Crippen LogP contribution in [0.1, 0.15) is 54.3 Å². The van der Waals surface area contributed by atoms with Gasteiger partial charge in [-0.25, -0.2) is 0 Å². The molecule has 1 saturated carbocycles. The number of carbonyl (C=O) groups excluding carboxylic acids is 1. The molecule has 2 aromatic carbocycles. The minimum Gasteiger partial charge on any atom is -0.496 e. The quantitative estimate of drug-likeness (QED) is 0.484. The zero-order valence-corrected chi connectivity index (χ0v) is 18.6. The van der Waals surface area contributed by atoms with E-state index in [0.29, 0.717) is 18.0 Å². The van der Waals surface area contributed by atoms with E-state index in [1.54, 1.807) is 19.2 Å². The zero-order valence-electron chi connectivity index (χ0n) is 18.6. The van der Waals surface area contributed by atoms with E-state index in [1.807, 2.05) is 36.4 Å². The molecule has 2 aromatic rings. The van der Waals surface area contributed by atoms with Gasteiger partial charge in [-0.15, -0.1) is 0 Å². The number of nitrogens with one attached hydrogen (secondary N) is 1. The second kappa shape index (κ2) is 10.3. The lowest BCUT2D eigenvalue weighted by atomic mass is 9.94. The van der Waals surface area contributed by atoms with Crippen LogP contribution in [0.15, 0.2) is 48.5 Å². The van der Waals surface area contributed by atoms with Gasteiger partial charge in [-0.3, -0.25) is 4.79 Å². The van der Waals surface area contributed by atoms with Crippen molar-refractivity contribution >= 4 is 5.91 Å².